The summed E-state index contributed by atoms with van der Waals surface area (Å²) < 4.78 is 32.4. The molecule has 0 aromatic rings. The number of ether oxygens (including phenoxy) is 5. The van der Waals surface area contributed by atoms with Crippen LogP contribution in [0.4, 0.5) is 0 Å². The molecule has 0 aliphatic rings. The molecule has 0 saturated heterocycles. The van der Waals surface area contributed by atoms with E-state index in [0.29, 0.717) is 59.5 Å². The lowest BCUT2D eigenvalue weighted by Crippen LogP contribution is -2.41. The molecule has 0 aliphatic carbocycles. The summed E-state index contributed by atoms with van der Waals surface area (Å²) in [6.07, 6.45) is 1.12. The third-order valence-corrected chi connectivity index (χ3v) is 8.79. The Morgan fingerprint density at radius 2 is 1.15 bits per heavy atom. The molecule has 27 heavy (non-hydrogen) atoms. The van der Waals surface area contributed by atoms with E-state index in [0.717, 1.165) is 6.08 Å². The van der Waals surface area contributed by atoms with Crippen LogP contribution in [0, 0.1) is 0 Å². The highest BCUT2D eigenvalue weighted by Crippen LogP contribution is 2.36. The Hall–Kier alpha value is -0.773. The fourth-order valence-corrected chi connectivity index (χ4v) is 2.62. The zero-order chi connectivity index (χ0) is 20.6. The van der Waals surface area contributed by atoms with E-state index in [9.17, 15) is 4.79 Å². The number of carbonyl (C=O) groups is 1. The van der Waals surface area contributed by atoms with Crippen molar-refractivity contribution < 1.29 is 32.9 Å². The maximum Gasteiger partial charge on any atom is 0.330 e. The van der Waals surface area contributed by atoms with E-state index in [1.54, 1.807) is 0 Å². The average molecular weight is 407 g/mol. The van der Waals surface area contributed by atoms with Crippen molar-refractivity contribution in [3.8, 4) is 0 Å². The molecule has 0 aliphatic heterocycles. The SMILES string of the molecule is C=CC(=O)OCCOCCOCCOCCOCCO[Si](C)(C)C(C)(C)C. The zero-order valence-electron chi connectivity index (χ0n) is 17.7. The van der Waals surface area contributed by atoms with E-state index in [1.165, 1.54) is 0 Å². The quantitative estimate of drug-likeness (QED) is 0.159. The Balaban J connectivity index is 3.26. The topological polar surface area (TPSA) is 72.5 Å². The smallest absolute Gasteiger partial charge is 0.330 e. The van der Waals surface area contributed by atoms with Crippen molar-refractivity contribution in [2.75, 3.05) is 66.1 Å². The summed E-state index contributed by atoms with van der Waals surface area (Å²) in [6, 6.07) is 0. The van der Waals surface area contributed by atoms with E-state index in [-0.39, 0.29) is 11.6 Å². The monoisotopic (exact) mass is 406 g/mol. The molecule has 0 bridgehead atoms. The molecule has 0 atom stereocenters. The summed E-state index contributed by atoms with van der Waals surface area (Å²) in [6.45, 7) is 19.3. The van der Waals surface area contributed by atoms with Gasteiger partial charge in [-0.25, -0.2) is 4.79 Å². The molecule has 0 unspecified atom stereocenters. The molecular weight excluding hydrogens is 368 g/mol. The first kappa shape index (κ1) is 26.2. The van der Waals surface area contributed by atoms with Crippen molar-refractivity contribution in [2.45, 2.75) is 38.9 Å². The Labute approximate surface area is 165 Å². The Bertz CT molecular complexity index is 394. The number of rotatable bonds is 17. The first-order valence-corrected chi connectivity index (χ1v) is 12.4. The highest BCUT2D eigenvalue weighted by molar-refractivity contribution is 6.74. The minimum absolute atomic E-state index is 0.217. The van der Waals surface area contributed by atoms with Crippen LogP contribution >= 0.6 is 0 Å². The van der Waals surface area contributed by atoms with E-state index in [2.05, 4.69) is 40.4 Å². The maximum absolute atomic E-state index is 10.8. The fraction of sp³-hybridized carbons (Fsp3) is 0.842. The predicted molar refractivity (Wildman–Crippen MR) is 108 cm³/mol. The lowest BCUT2D eigenvalue weighted by molar-refractivity contribution is -0.139. The lowest BCUT2D eigenvalue weighted by Gasteiger charge is -2.36. The van der Waals surface area contributed by atoms with Crippen molar-refractivity contribution in [1.82, 2.24) is 0 Å². The third kappa shape index (κ3) is 14.9. The van der Waals surface area contributed by atoms with Crippen molar-refractivity contribution in [1.29, 1.82) is 0 Å². The molecule has 0 fully saturated rings. The second-order valence-corrected chi connectivity index (χ2v) is 12.2. The number of hydrogen-bond acceptors (Lipinski definition) is 7. The van der Waals surface area contributed by atoms with Crippen LogP contribution in [-0.2, 0) is 32.9 Å². The van der Waals surface area contributed by atoms with Gasteiger partial charge in [-0.3, -0.25) is 0 Å². The molecular formula is C19H38O7Si. The van der Waals surface area contributed by atoms with Crippen LogP contribution < -0.4 is 0 Å². The molecule has 0 N–H and O–H groups in total. The molecule has 0 heterocycles. The lowest BCUT2D eigenvalue weighted by atomic mass is 10.2. The zero-order valence-corrected chi connectivity index (χ0v) is 18.7. The van der Waals surface area contributed by atoms with Gasteiger partial charge in [-0.05, 0) is 18.1 Å². The first-order chi connectivity index (χ1) is 12.7. The van der Waals surface area contributed by atoms with Gasteiger partial charge in [0.1, 0.15) is 6.61 Å². The Kier molecular flexibility index (Phi) is 14.7. The van der Waals surface area contributed by atoms with Gasteiger partial charge in [-0.15, -0.1) is 0 Å². The van der Waals surface area contributed by atoms with Gasteiger partial charge in [0, 0.05) is 6.08 Å². The van der Waals surface area contributed by atoms with Gasteiger partial charge in [0.05, 0.1) is 59.5 Å². The van der Waals surface area contributed by atoms with Gasteiger partial charge < -0.3 is 28.1 Å². The number of carbonyl (C=O) groups excluding carboxylic acids is 1. The van der Waals surface area contributed by atoms with Crippen LogP contribution in [0.3, 0.4) is 0 Å². The second kappa shape index (κ2) is 15.2. The first-order valence-electron chi connectivity index (χ1n) is 9.45. The van der Waals surface area contributed by atoms with Crippen molar-refractivity contribution >= 4 is 14.3 Å². The van der Waals surface area contributed by atoms with Crippen LogP contribution in [0.1, 0.15) is 20.8 Å². The van der Waals surface area contributed by atoms with Crippen molar-refractivity contribution in [2.24, 2.45) is 0 Å². The van der Waals surface area contributed by atoms with Gasteiger partial charge in [-0.2, -0.15) is 0 Å². The van der Waals surface area contributed by atoms with E-state index < -0.39 is 14.3 Å². The van der Waals surface area contributed by atoms with E-state index in [4.69, 9.17) is 28.1 Å². The maximum atomic E-state index is 10.8. The van der Waals surface area contributed by atoms with Crippen LogP contribution in [0.15, 0.2) is 12.7 Å². The third-order valence-electron chi connectivity index (χ3n) is 4.25. The largest absolute Gasteiger partial charge is 0.460 e. The van der Waals surface area contributed by atoms with Crippen LogP contribution in [-0.4, -0.2) is 80.4 Å². The van der Waals surface area contributed by atoms with Crippen LogP contribution in [0.25, 0.3) is 0 Å². The molecule has 0 aromatic heterocycles. The highest BCUT2D eigenvalue weighted by atomic mass is 28.4. The molecule has 0 aromatic carbocycles. The van der Waals surface area contributed by atoms with Crippen molar-refractivity contribution in [3.05, 3.63) is 12.7 Å². The normalized spacial score (nSPS) is 12.2. The summed E-state index contributed by atoms with van der Waals surface area (Å²) in [7, 11) is -1.68. The van der Waals surface area contributed by atoms with E-state index >= 15 is 0 Å². The molecule has 0 rings (SSSR count). The molecule has 8 heteroatoms. The van der Waals surface area contributed by atoms with Gasteiger partial charge in [-0.1, -0.05) is 27.4 Å². The summed E-state index contributed by atoms with van der Waals surface area (Å²) in [5, 5.41) is 0.222. The van der Waals surface area contributed by atoms with Crippen LogP contribution in [0.2, 0.25) is 18.1 Å². The van der Waals surface area contributed by atoms with Gasteiger partial charge in [0.15, 0.2) is 8.32 Å². The molecule has 0 amide bonds. The molecule has 0 saturated carbocycles. The predicted octanol–water partition coefficient (Wildman–Crippen LogP) is 2.80. The van der Waals surface area contributed by atoms with Gasteiger partial charge in [0.2, 0.25) is 0 Å². The van der Waals surface area contributed by atoms with E-state index in [1.807, 2.05) is 0 Å². The molecule has 0 radical (unpaired) electrons. The van der Waals surface area contributed by atoms with Gasteiger partial charge >= 0.3 is 5.97 Å². The molecule has 160 valence electrons. The highest BCUT2D eigenvalue weighted by Gasteiger charge is 2.36. The molecule has 0 spiro atoms. The standard InChI is InChI=1S/C19H38O7Si/c1-7-18(20)25-16-14-23-12-10-21-8-9-22-11-13-24-15-17-26-27(5,6)19(2,3)4/h7H,1,8-17H2,2-6H3. The Morgan fingerprint density at radius 1 is 0.778 bits per heavy atom. The Morgan fingerprint density at radius 3 is 1.52 bits per heavy atom. The number of esters is 1. The summed E-state index contributed by atoms with van der Waals surface area (Å²) in [4.78, 5) is 10.8. The minimum Gasteiger partial charge on any atom is -0.460 e. The minimum atomic E-state index is -1.68. The molecule has 7 nitrogen and oxygen atoms in total. The average Bonchev–Trinajstić information content (AvgIpc) is 2.60. The second-order valence-electron chi connectivity index (χ2n) is 7.43. The van der Waals surface area contributed by atoms with Crippen molar-refractivity contribution in [3.63, 3.8) is 0 Å². The summed E-state index contributed by atoms with van der Waals surface area (Å²) in [5.74, 6) is -0.445. The summed E-state index contributed by atoms with van der Waals surface area (Å²) in [5.41, 5.74) is 0. The van der Waals surface area contributed by atoms with Crippen LogP contribution in [0.5, 0.6) is 0 Å². The van der Waals surface area contributed by atoms with Gasteiger partial charge in [0.25, 0.3) is 0 Å². The summed E-state index contributed by atoms with van der Waals surface area (Å²) >= 11 is 0. The number of hydrogen-bond donors (Lipinski definition) is 0. The fourth-order valence-electron chi connectivity index (χ4n) is 1.59.